The van der Waals surface area contributed by atoms with E-state index in [2.05, 4.69) is 84.9 Å². The van der Waals surface area contributed by atoms with Crippen molar-refractivity contribution in [2.45, 2.75) is 32.9 Å². The van der Waals surface area contributed by atoms with Gasteiger partial charge in [0, 0.05) is 17.5 Å². The Morgan fingerprint density at radius 2 is 1.15 bits per heavy atom. The van der Waals surface area contributed by atoms with Crippen LogP contribution in [-0.2, 0) is 4.79 Å². The molecule has 2 heteroatoms. The maximum Gasteiger partial charge on any atom is 0.139 e. The molecule has 27 heavy (non-hydrogen) atoms. The van der Waals surface area contributed by atoms with Gasteiger partial charge in [0.1, 0.15) is 5.78 Å². The number of ketones is 1. The van der Waals surface area contributed by atoms with Crippen LogP contribution >= 0.6 is 7.92 Å². The Balaban J connectivity index is 2.12. The van der Waals surface area contributed by atoms with Crippen LogP contribution in [0.5, 0.6) is 0 Å². The van der Waals surface area contributed by atoms with E-state index < -0.39 is 7.92 Å². The molecule has 0 spiro atoms. The zero-order valence-corrected chi connectivity index (χ0v) is 17.2. The van der Waals surface area contributed by atoms with Crippen LogP contribution in [0.2, 0.25) is 0 Å². The van der Waals surface area contributed by atoms with Gasteiger partial charge in [0.2, 0.25) is 0 Å². The lowest BCUT2D eigenvalue weighted by atomic mass is 9.87. The normalized spacial score (nSPS) is 12.7. The Morgan fingerprint density at radius 3 is 1.56 bits per heavy atom. The van der Waals surface area contributed by atoms with Crippen LogP contribution in [0, 0.1) is 5.41 Å². The average molecular weight is 374 g/mol. The molecule has 3 aromatic rings. The van der Waals surface area contributed by atoms with Crippen LogP contribution in [0.4, 0.5) is 0 Å². The van der Waals surface area contributed by atoms with Gasteiger partial charge >= 0.3 is 0 Å². The summed E-state index contributed by atoms with van der Waals surface area (Å²) < 4.78 is 0. The van der Waals surface area contributed by atoms with Crippen molar-refractivity contribution in [1.82, 2.24) is 0 Å². The maximum absolute atomic E-state index is 13.0. The third-order valence-electron chi connectivity index (χ3n) is 4.78. The van der Waals surface area contributed by atoms with E-state index in [0.29, 0.717) is 12.2 Å². The van der Waals surface area contributed by atoms with Gasteiger partial charge in [0.15, 0.2) is 0 Å². The molecule has 0 N–H and O–H groups in total. The fourth-order valence-corrected chi connectivity index (χ4v) is 6.02. The summed E-state index contributed by atoms with van der Waals surface area (Å²) in [6.07, 6.45) is 0.559. The number of hydrogen-bond donors (Lipinski definition) is 0. The van der Waals surface area contributed by atoms with E-state index in [1.54, 1.807) is 0 Å². The third-order valence-corrected chi connectivity index (χ3v) is 7.59. The second kappa shape index (κ2) is 8.63. The van der Waals surface area contributed by atoms with Crippen molar-refractivity contribution < 1.29 is 4.79 Å². The predicted octanol–water partition coefficient (Wildman–Crippen LogP) is 5.87. The molecule has 1 atom stereocenters. The molecule has 0 aliphatic carbocycles. The van der Waals surface area contributed by atoms with Gasteiger partial charge in [-0.05, 0) is 24.1 Å². The third kappa shape index (κ3) is 4.93. The monoisotopic (exact) mass is 374 g/mol. The van der Waals surface area contributed by atoms with Gasteiger partial charge in [-0.25, -0.2) is 0 Å². The van der Waals surface area contributed by atoms with Gasteiger partial charge in [-0.3, -0.25) is 4.79 Å². The lowest BCUT2D eigenvalue weighted by Gasteiger charge is -2.31. The standard InChI is InChI=1S/C25H27OP/c1-25(2,3)24(26)19-23(20-13-7-4-8-14-20)27(21-15-9-5-10-16-21)22-17-11-6-12-18-22/h4-18,23H,19H2,1-3H3. The summed E-state index contributed by atoms with van der Waals surface area (Å²) in [6, 6.07) is 31.9. The highest BCUT2D eigenvalue weighted by molar-refractivity contribution is 7.73. The maximum atomic E-state index is 13.0. The van der Waals surface area contributed by atoms with E-state index in [1.807, 2.05) is 26.8 Å². The summed E-state index contributed by atoms with van der Waals surface area (Å²) in [5.74, 6) is 0.315. The van der Waals surface area contributed by atoms with E-state index in [1.165, 1.54) is 16.2 Å². The highest BCUT2D eigenvalue weighted by Gasteiger charge is 2.31. The van der Waals surface area contributed by atoms with Crippen molar-refractivity contribution in [3.05, 3.63) is 96.6 Å². The second-order valence-corrected chi connectivity index (χ2v) is 10.2. The number of benzene rings is 3. The van der Waals surface area contributed by atoms with Crippen molar-refractivity contribution in [2.75, 3.05) is 0 Å². The topological polar surface area (TPSA) is 17.1 Å². The Morgan fingerprint density at radius 1 is 0.741 bits per heavy atom. The molecule has 3 rings (SSSR count). The predicted molar refractivity (Wildman–Crippen MR) is 117 cm³/mol. The molecule has 0 bridgehead atoms. The zero-order chi connectivity index (χ0) is 19.3. The first-order valence-electron chi connectivity index (χ1n) is 9.44. The van der Waals surface area contributed by atoms with Gasteiger partial charge in [-0.1, -0.05) is 112 Å². The van der Waals surface area contributed by atoms with Crippen molar-refractivity contribution in [3.63, 3.8) is 0 Å². The van der Waals surface area contributed by atoms with Crippen LogP contribution in [0.25, 0.3) is 0 Å². The Kier molecular flexibility index (Phi) is 6.24. The zero-order valence-electron chi connectivity index (χ0n) is 16.3. The summed E-state index contributed by atoms with van der Waals surface area (Å²) >= 11 is 0. The summed E-state index contributed by atoms with van der Waals surface area (Å²) in [5.41, 5.74) is 1.08. The number of rotatable bonds is 6. The van der Waals surface area contributed by atoms with Crippen molar-refractivity contribution in [3.8, 4) is 0 Å². The molecule has 3 aromatic carbocycles. The largest absolute Gasteiger partial charge is 0.299 e. The van der Waals surface area contributed by atoms with Crippen molar-refractivity contribution in [2.24, 2.45) is 5.41 Å². The number of hydrogen-bond acceptors (Lipinski definition) is 1. The van der Waals surface area contributed by atoms with Crippen molar-refractivity contribution in [1.29, 1.82) is 0 Å². The van der Waals surface area contributed by atoms with Gasteiger partial charge in [0.05, 0.1) is 0 Å². The molecule has 0 amide bonds. The van der Waals surface area contributed by atoms with Crippen LogP contribution in [0.15, 0.2) is 91.0 Å². The summed E-state index contributed by atoms with van der Waals surface area (Å²) in [5, 5.41) is 2.63. The fourth-order valence-electron chi connectivity index (χ4n) is 3.20. The fraction of sp³-hybridized carbons (Fsp3) is 0.240. The number of Topliss-reactive ketones (excluding diaryl/α,β-unsaturated/α-hetero) is 1. The molecule has 0 aromatic heterocycles. The molecule has 1 nitrogen and oxygen atoms in total. The van der Waals surface area contributed by atoms with E-state index in [0.717, 1.165) is 0 Å². The van der Waals surface area contributed by atoms with E-state index in [-0.39, 0.29) is 11.1 Å². The molecular weight excluding hydrogens is 347 g/mol. The number of carbonyl (C=O) groups is 1. The minimum Gasteiger partial charge on any atom is -0.299 e. The highest BCUT2D eigenvalue weighted by atomic mass is 31.1. The van der Waals surface area contributed by atoms with Gasteiger partial charge in [0.25, 0.3) is 0 Å². The summed E-state index contributed by atoms with van der Waals surface area (Å²) in [4.78, 5) is 13.0. The van der Waals surface area contributed by atoms with Crippen LogP contribution in [0.1, 0.15) is 38.4 Å². The molecule has 0 aliphatic heterocycles. The summed E-state index contributed by atoms with van der Waals surface area (Å²) in [6.45, 7) is 6.06. The molecule has 138 valence electrons. The minimum atomic E-state index is -0.691. The highest BCUT2D eigenvalue weighted by Crippen LogP contribution is 2.52. The first-order valence-corrected chi connectivity index (χ1v) is 10.9. The van der Waals surface area contributed by atoms with Gasteiger partial charge < -0.3 is 0 Å². The molecule has 0 fully saturated rings. The van der Waals surface area contributed by atoms with E-state index in [4.69, 9.17) is 0 Å². The quantitative estimate of drug-likeness (QED) is 0.494. The number of carbonyl (C=O) groups excluding carboxylic acids is 1. The summed E-state index contributed by atoms with van der Waals surface area (Å²) in [7, 11) is -0.691. The molecule has 0 radical (unpaired) electrons. The van der Waals surface area contributed by atoms with E-state index >= 15 is 0 Å². The molecule has 0 aliphatic rings. The van der Waals surface area contributed by atoms with E-state index in [9.17, 15) is 4.79 Å². The molecular formula is C25H27OP. The molecule has 0 saturated heterocycles. The average Bonchev–Trinajstić information content (AvgIpc) is 2.69. The Labute approximate surface area is 164 Å². The van der Waals surface area contributed by atoms with Gasteiger partial charge in [-0.2, -0.15) is 0 Å². The first kappa shape index (κ1) is 19.5. The van der Waals surface area contributed by atoms with Crippen LogP contribution in [0.3, 0.4) is 0 Å². The van der Waals surface area contributed by atoms with Crippen LogP contribution < -0.4 is 10.6 Å². The SMILES string of the molecule is CC(C)(C)C(=O)CC(c1ccccc1)P(c1ccccc1)c1ccccc1. The Bertz CT molecular complexity index is 812. The lowest BCUT2D eigenvalue weighted by Crippen LogP contribution is -2.25. The smallest absolute Gasteiger partial charge is 0.139 e. The van der Waals surface area contributed by atoms with Crippen LogP contribution in [-0.4, -0.2) is 5.78 Å². The molecule has 0 saturated carbocycles. The minimum absolute atomic E-state index is 0.165. The Hall–Kier alpha value is -2.24. The van der Waals surface area contributed by atoms with Gasteiger partial charge in [-0.15, -0.1) is 0 Å². The molecule has 0 heterocycles. The second-order valence-electron chi connectivity index (χ2n) is 7.84. The lowest BCUT2D eigenvalue weighted by molar-refractivity contribution is -0.126. The first-order chi connectivity index (χ1) is 13.0. The molecule has 1 unspecified atom stereocenters. The van der Waals surface area contributed by atoms with Crippen molar-refractivity contribution >= 4 is 24.3 Å².